The van der Waals surface area contributed by atoms with Crippen LogP contribution in [-0.4, -0.2) is 53.0 Å². The number of carbonyl (C=O) groups excluding carboxylic acids is 2. The van der Waals surface area contributed by atoms with Gasteiger partial charge in [-0.25, -0.2) is 0 Å². The Morgan fingerprint density at radius 3 is 2.54 bits per heavy atom. The molecule has 26 heavy (non-hydrogen) atoms. The smallest absolute Gasteiger partial charge is 0.320 e. The van der Waals surface area contributed by atoms with E-state index in [1.807, 2.05) is 24.3 Å². The molecule has 2 amide bonds. The van der Waals surface area contributed by atoms with E-state index in [0.717, 1.165) is 37.1 Å². The third kappa shape index (κ3) is 4.40. The van der Waals surface area contributed by atoms with Gasteiger partial charge in [-0.1, -0.05) is 12.1 Å². The highest BCUT2D eigenvalue weighted by molar-refractivity contribution is 5.95. The van der Waals surface area contributed by atoms with Crippen LogP contribution in [0.2, 0.25) is 0 Å². The van der Waals surface area contributed by atoms with Crippen LogP contribution in [0.3, 0.4) is 0 Å². The number of anilines is 1. The Bertz CT molecular complexity index is 685. The molecule has 1 unspecified atom stereocenters. The van der Waals surface area contributed by atoms with Gasteiger partial charge in [0.15, 0.2) is 0 Å². The monoisotopic (exact) mass is 359 g/mol. The second-order valence-electron chi connectivity index (χ2n) is 7.01. The van der Waals surface area contributed by atoms with Crippen molar-refractivity contribution in [3.8, 4) is 0 Å². The normalized spacial score (nSPS) is 18.2. The Kier molecular flexibility index (Phi) is 5.56. The number of hydrogen-bond acceptors (Lipinski definition) is 4. The largest absolute Gasteiger partial charge is 0.480 e. The Morgan fingerprint density at radius 2 is 2.00 bits per heavy atom. The van der Waals surface area contributed by atoms with Crippen molar-refractivity contribution >= 4 is 23.5 Å². The van der Waals surface area contributed by atoms with Crippen LogP contribution in [0.4, 0.5) is 5.69 Å². The zero-order chi connectivity index (χ0) is 18.7. The van der Waals surface area contributed by atoms with Crippen molar-refractivity contribution in [3.05, 3.63) is 29.8 Å². The standard InChI is InChI=1S/C19H25N3O4/c1-13(19(25)26)22(16-8-9-16)12-17(23)20-11-14-4-6-15(7-5-14)21-10-2-3-18(21)24/h4-7,13,16H,2-3,8-12H2,1H3,(H,20,23)(H,25,26). The summed E-state index contributed by atoms with van der Waals surface area (Å²) in [5.74, 6) is -0.931. The van der Waals surface area contributed by atoms with Gasteiger partial charge in [0.1, 0.15) is 6.04 Å². The maximum atomic E-state index is 12.2. The first-order chi connectivity index (χ1) is 12.5. The summed E-state index contributed by atoms with van der Waals surface area (Å²) >= 11 is 0. The SMILES string of the molecule is CC(C(=O)O)N(CC(=O)NCc1ccc(N2CCCC2=O)cc1)C1CC1. The summed E-state index contributed by atoms with van der Waals surface area (Å²) in [5, 5.41) is 12.0. The summed E-state index contributed by atoms with van der Waals surface area (Å²) in [6.45, 7) is 2.85. The molecule has 2 fully saturated rings. The molecule has 140 valence electrons. The van der Waals surface area contributed by atoms with Crippen molar-refractivity contribution < 1.29 is 19.5 Å². The van der Waals surface area contributed by atoms with Crippen LogP contribution in [0.5, 0.6) is 0 Å². The number of carbonyl (C=O) groups is 3. The van der Waals surface area contributed by atoms with Crippen molar-refractivity contribution in [1.29, 1.82) is 0 Å². The summed E-state index contributed by atoms with van der Waals surface area (Å²) < 4.78 is 0. The van der Waals surface area contributed by atoms with Crippen molar-refractivity contribution in [1.82, 2.24) is 10.2 Å². The first-order valence-corrected chi connectivity index (χ1v) is 9.10. The Labute approximate surface area is 153 Å². The second-order valence-corrected chi connectivity index (χ2v) is 7.01. The summed E-state index contributed by atoms with van der Waals surface area (Å²) in [6, 6.07) is 7.13. The Hall–Kier alpha value is -2.41. The number of hydrogen-bond donors (Lipinski definition) is 2. The van der Waals surface area contributed by atoms with Crippen LogP contribution in [-0.2, 0) is 20.9 Å². The number of aliphatic carboxylic acids is 1. The molecular formula is C19H25N3O4. The fourth-order valence-electron chi connectivity index (χ4n) is 3.27. The van der Waals surface area contributed by atoms with Gasteiger partial charge in [-0.3, -0.25) is 19.3 Å². The molecule has 2 aliphatic rings. The van der Waals surface area contributed by atoms with Crippen molar-refractivity contribution in [2.45, 2.75) is 51.2 Å². The average Bonchev–Trinajstić information content (AvgIpc) is 3.38. The molecule has 0 bridgehead atoms. The fraction of sp³-hybridized carbons (Fsp3) is 0.526. The van der Waals surface area contributed by atoms with Gasteiger partial charge in [0.25, 0.3) is 0 Å². The zero-order valence-electron chi connectivity index (χ0n) is 15.0. The molecule has 1 aliphatic heterocycles. The average molecular weight is 359 g/mol. The lowest BCUT2D eigenvalue weighted by Crippen LogP contribution is -2.46. The predicted octanol–water partition coefficient (Wildman–Crippen LogP) is 1.37. The molecule has 1 aromatic carbocycles. The third-order valence-electron chi connectivity index (χ3n) is 5.01. The van der Waals surface area contributed by atoms with Gasteiger partial charge in [-0.05, 0) is 43.9 Å². The molecular weight excluding hydrogens is 334 g/mol. The molecule has 1 aromatic rings. The van der Waals surface area contributed by atoms with E-state index in [0.29, 0.717) is 13.0 Å². The first kappa shape index (κ1) is 18.4. The minimum absolute atomic E-state index is 0.0957. The highest BCUT2D eigenvalue weighted by Gasteiger charge is 2.36. The first-order valence-electron chi connectivity index (χ1n) is 9.10. The van der Waals surface area contributed by atoms with Gasteiger partial charge < -0.3 is 15.3 Å². The highest BCUT2D eigenvalue weighted by Crippen LogP contribution is 2.28. The summed E-state index contributed by atoms with van der Waals surface area (Å²) in [6.07, 6.45) is 3.39. The number of amides is 2. The predicted molar refractivity (Wildman–Crippen MR) is 96.7 cm³/mol. The van der Waals surface area contributed by atoms with Crippen LogP contribution in [0.15, 0.2) is 24.3 Å². The molecule has 0 radical (unpaired) electrons. The molecule has 7 nitrogen and oxygen atoms in total. The molecule has 7 heteroatoms. The minimum Gasteiger partial charge on any atom is -0.480 e. The molecule has 1 saturated carbocycles. The number of rotatable bonds is 8. The van der Waals surface area contributed by atoms with Crippen LogP contribution in [0.25, 0.3) is 0 Å². The zero-order valence-corrected chi connectivity index (χ0v) is 15.0. The van der Waals surface area contributed by atoms with E-state index in [1.54, 1.807) is 16.7 Å². The maximum absolute atomic E-state index is 12.2. The maximum Gasteiger partial charge on any atom is 0.320 e. The van der Waals surface area contributed by atoms with E-state index in [9.17, 15) is 19.5 Å². The number of carboxylic acid groups (broad SMARTS) is 1. The fourth-order valence-corrected chi connectivity index (χ4v) is 3.27. The van der Waals surface area contributed by atoms with E-state index in [1.165, 1.54) is 0 Å². The molecule has 1 heterocycles. The second kappa shape index (κ2) is 7.86. The van der Waals surface area contributed by atoms with Crippen LogP contribution >= 0.6 is 0 Å². The van der Waals surface area contributed by atoms with E-state index in [2.05, 4.69) is 5.32 Å². The van der Waals surface area contributed by atoms with Gasteiger partial charge in [-0.15, -0.1) is 0 Å². The van der Waals surface area contributed by atoms with Crippen molar-refractivity contribution in [3.63, 3.8) is 0 Å². The molecule has 0 spiro atoms. The van der Waals surface area contributed by atoms with Gasteiger partial charge in [-0.2, -0.15) is 0 Å². The lowest BCUT2D eigenvalue weighted by Gasteiger charge is -2.25. The Morgan fingerprint density at radius 1 is 1.31 bits per heavy atom. The van der Waals surface area contributed by atoms with E-state index < -0.39 is 12.0 Å². The van der Waals surface area contributed by atoms with Crippen molar-refractivity contribution in [2.24, 2.45) is 0 Å². The lowest BCUT2D eigenvalue weighted by atomic mass is 10.2. The molecule has 1 aliphatic carbocycles. The molecule has 2 N–H and O–H groups in total. The molecule has 3 rings (SSSR count). The molecule has 1 atom stereocenters. The topological polar surface area (TPSA) is 89.9 Å². The molecule has 1 saturated heterocycles. The number of nitrogens with zero attached hydrogens (tertiary/aromatic N) is 2. The van der Waals surface area contributed by atoms with Crippen LogP contribution in [0, 0.1) is 0 Å². The van der Waals surface area contributed by atoms with E-state index >= 15 is 0 Å². The molecule has 0 aromatic heterocycles. The lowest BCUT2D eigenvalue weighted by molar-refractivity contribution is -0.143. The summed E-state index contributed by atoms with van der Waals surface area (Å²) in [4.78, 5) is 38.7. The number of benzene rings is 1. The number of carboxylic acids is 1. The Balaban J connectivity index is 1.51. The van der Waals surface area contributed by atoms with Gasteiger partial charge in [0, 0.05) is 31.2 Å². The van der Waals surface area contributed by atoms with E-state index in [-0.39, 0.29) is 24.4 Å². The van der Waals surface area contributed by atoms with Crippen LogP contribution < -0.4 is 10.2 Å². The summed E-state index contributed by atoms with van der Waals surface area (Å²) in [5.41, 5.74) is 1.83. The quantitative estimate of drug-likeness (QED) is 0.732. The van der Waals surface area contributed by atoms with Gasteiger partial charge in [0.05, 0.1) is 6.54 Å². The highest BCUT2D eigenvalue weighted by atomic mass is 16.4. The van der Waals surface area contributed by atoms with Gasteiger partial charge >= 0.3 is 5.97 Å². The summed E-state index contributed by atoms with van der Waals surface area (Å²) in [7, 11) is 0. The van der Waals surface area contributed by atoms with Gasteiger partial charge in [0.2, 0.25) is 11.8 Å². The van der Waals surface area contributed by atoms with Crippen LogP contribution in [0.1, 0.15) is 38.2 Å². The third-order valence-corrected chi connectivity index (χ3v) is 5.01. The minimum atomic E-state index is -0.906. The van der Waals surface area contributed by atoms with E-state index in [4.69, 9.17) is 0 Å². The number of nitrogens with one attached hydrogen (secondary N) is 1. The van der Waals surface area contributed by atoms with Crippen molar-refractivity contribution in [2.75, 3.05) is 18.0 Å².